The predicted molar refractivity (Wildman–Crippen MR) is 83.5 cm³/mol. The Balaban J connectivity index is 1.83. The van der Waals surface area contributed by atoms with E-state index in [-0.39, 0.29) is 0 Å². The molecule has 0 radical (unpaired) electrons. The predicted octanol–water partition coefficient (Wildman–Crippen LogP) is 3.90. The third-order valence-electron chi connectivity index (χ3n) is 4.60. The van der Waals surface area contributed by atoms with Crippen LogP contribution in [0.1, 0.15) is 45.1 Å². The monoisotopic (exact) mass is 273 g/mol. The van der Waals surface area contributed by atoms with Crippen LogP contribution >= 0.6 is 0 Å². The molecule has 0 saturated carbocycles. The van der Waals surface area contributed by atoms with Gasteiger partial charge in [-0.3, -0.25) is 4.79 Å². The lowest BCUT2D eigenvalue weighted by Gasteiger charge is -2.37. The number of aryl methyl sites for hydroxylation is 1. The van der Waals surface area contributed by atoms with Gasteiger partial charge in [0.05, 0.1) is 0 Å². The highest BCUT2D eigenvalue weighted by molar-refractivity contribution is 5.76. The molecule has 0 spiro atoms. The number of hydrogen-bond acceptors (Lipinski definition) is 1. The Morgan fingerprint density at radius 1 is 1.30 bits per heavy atom. The molecule has 1 fully saturated rings. The van der Waals surface area contributed by atoms with Crippen LogP contribution in [0.4, 0.5) is 0 Å². The zero-order chi connectivity index (χ0) is 14.4. The molecule has 2 nitrogen and oxygen atoms in total. The van der Waals surface area contributed by atoms with Crippen molar-refractivity contribution in [1.29, 1.82) is 0 Å². The minimum absolute atomic E-state index is 0.335. The Kier molecular flexibility index (Phi) is 5.63. The number of carbonyl (C=O) groups excluding carboxylic acids is 1. The average molecular weight is 273 g/mol. The van der Waals surface area contributed by atoms with Crippen molar-refractivity contribution >= 4 is 5.91 Å². The van der Waals surface area contributed by atoms with Crippen LogP contribution < -0.4 is 0 Å². The largest absolute Gasteiger partial charge is 0.342 e. The van der Waals surface area contributed by atoms with Crippen LogP contribution in [0.3, 0.4) is 0 Å². The number of benzene rings is 1. The molecular formula is C18H27NO. The third-order valence-corrected chi connectivity index (χ3v) is 4.60. The summed E-state index contributed by atoms with van der Waals surface area (Å²) < 4.78 is 0. The molecule has 20 heavy (non-hydrogen) atoms. The molecule has 1 heterocycles. The van der Waals surface area contributed by atoms with E-state index in [1.165, 1.54) is 24.8 Å². The molecule has 1 aliphatic rings. The van der Waals surface area contributed by atoms with Gasteiger partial charge in [0, 0.05) is 19.5 Å². The third kappa shape index (κ3) is 4.09. The number of carbonyl (C=O) groups is 1. The van der Waals surface area contributed by atoms with Crippen LogP contribution in [-0.4, -0.2) is 23.9 Å². The summed E-state index contributed by atoms with van der Waals surface area (Å²) in [6.45, 7) is 6.51. The van der Waals surface area contributed by atoms with Crippen LogP contribution in [-0.2, 0) is 11.2 Å². The first kappa shape index (κ1) is 15.1. The highest BCUT2D eigenvalue weighted by atomic mass is 16.2. The molecule has 1 aromatic carbocycles. The number of rotatable bonds is 5. The van der Waals surface area contributed by atoms with Gasteiger partial charge in [0.2, 0.25) is 5.91 Å². The molecule has 1 amide bonds. The van der Waals surface area contributed by atoms with Crippen molar-refractivity contribution in [2.45, 2.75) is 46.0 Å². The fraction of sp³-hybridized carbons (Fsp3) is 0.611. The molecular weight excluding hydrogens is 246 g/mol. The molecule has 1 saturated heterocycles. The second kappa shape index (κ2) is 7.47. The van der Waals surface area contributed by atoms with Crippen molar-refractivity contribution in [3.8, 4) is 0 Å². The summed E-state index contributed by atoms with van der Waals surface area (Å²) >= 11 is 0. The van der Waals surface area contributed by atoms with Crippen molar-refractivity contribution in [3.63, 3.8) is 0 Å². The van der Waals surface area contributed by atoms with Gasteiger partial charge in [0.25, 0.3) is 0 Å². The van der Waals surface area contributed by atoms with E-state index in [1.807, 2.05) is 18.2 Å². The van der Waals surface area contributed by atoms with Crippen molar-refractivity contribution in [2.75, 3.05) is 13.1 Å². The number of hydrogen-bond donors (Lipinski definition) is 0. The van der Waals surface area contributed by atoms with E-state index in [4.69, 9.17) is 0 Å². The van der Waals surface area contributed by atoms with Gasteiger partial charge in [-0.1, -0.05) is 50.6 Å². The fourth-order valence-electron chi connectivity index (χ4n) is 3.18. The molecule has 0 aromatic heterocycles. The first-order chi connectivity index (χ1) is 9.70. The molecule has 0 bridgehead atoms. The Bertz CT molecular complexity index is 415. The van der Waals surface area contributed by atoms with Gasteiger partial charge in [-0.05, 0) is 36.7 Å². The van der Waals surface area contributed by atoms with E-state index in [1.54, 1.807) is 0 Å². The van der Waals surface area contributed by atoms with Crippen LogP contribution in [0.25, 0.3) is 0 Å². The lowest BCUT2D eigenvalue weighted by atomic mass is 9.84. The minimum Gasteiger partial charge on any atom is -0.342 e. The standard InChI is InChI=1S/C18H27NO/c1-3-7-17-14-19(13-12-15(17)2)18(20)11-10-16-8-5-4-6-9-16/h4-6,8-9,15,17H,3,7,10-14H2,1-2H3. The molecule has 0 aliphatic carbocycles. The number of likely N-dealkylation sites (tertiary alicyclic amines) is 1. The lowest BCUT2D eigenvalue weighted by molar-refractivity contribution is -0.133. The lowest BCUT2D eigenvalue weighted by Crippen LogP contribution is -2.43. The summed E-state index contributed by atoms with van der Waals surface area (Å²) in [4.78, 5) is 14.5. The highest BCUT2D eigenvalue weighted by Gasteiger charge is 2.27. The second-order valence-electron chi connectivity index (χ2n) is 6.14. The smallest absolute Gasteiger partial charge is 0.222 e. The van der Waals surface area contributed by atoms with E-state index in [9.17, 15) is 4.79 Å². The molecule has 2 atom stereocenters. The Hall–Kier alpha value is -1.31. The van der Waals surface area contributed by atoms with E-state index in [0.29, 0.717) is 18.2 Å². The van der Waals surface area contributed by atoms with Crippen molar-refractivity contribution in [3.05, 3.63) is 35.9 Å². The second-order valence-corrected chi connectivity index (χ2v) is 6.14. The van der Waals surface area contributed by atoms with Gasteiger partial charge in [0.1, 0.15) is 0 Å². The van der Waals surface area contributed by atoms with Crippen LogP contribution in [0.5, 0.6) is 0 Å². The summed E-state index contributed by atoms with van der Waals surface area (Å²) in [7, 11) is 0. The minimum atomic E-state index is 0.335. The van der Waals surface area contributed by atoms with Gasteiger partial charge < -0.3 is 4.90 Å². The maximum Gasteiger partial charge on any atom is 0.222 e. The highest BCUT2D eigenvalue weighted by Crippen LogP contribution is 2.27. The Morgan fingerprint density at radius 2 is 2.05 bits per heavy atom. The SMILES string of the molecule is CCCC1CN(C(=O)CCc2ccccc2)CCC1C. The van der Waals surface area contributed by atoms with E-state index >= 15 is 0 Å². The van der Waals surface area contributed by atoms with Crippen LogP contribution in [0.15, 0.2) is 30.3 Å². The molecule has 2 unspecified atom stereocenters. The van der Waals surface area contributed by atoms with Gasteiger partial charge in [-0.15, -0.1) is 0 Å². The van der Waals surface area contributed by atoms with Gasteiger partial charge >= 0.3 is 0 Å². The summed E-state index contributed by atoms with van der Waals surface area (Å²) in [6, 6.07) is 10.3. The van der Waals surface area contributed by atoms with E-state index in [2.05, 4.69) is 30.9 Å². The Labute approximate surface area is 123 Å². The zero-order valence-corrected chi connectivity index (χ0v) is 12.8. The van der Waals surface area contributed by atoms with Crippen LogP contribution in [0, 0.1) is 11.8 Å². The molecule has 2 rings (SSSR count). The summed E-state index contributed by atoms with van der Waals surface area (Å²) in [5.41, 5.74) is 1.26. The van der Waals surface area contributed by atoms with Gasteiger partial charge in [-0.2, -0.15) is 0 Å². The molecule has 0 N–H and O–H groups in total. The molecule has 1 aromatic rings. The normalized spacial score (nSPS) is 22.8. The average Bonchev–Trinajstić information content (AvgIpc) is 2.48. The summed E-state index contributed by atoms with van der Waals surface area (Å²) in [5, 5.41) is 0. The van der Waals surface area contributed by atoms with Crippen molar-refractivity contribution < 1.29 is 4.79 Å². The van der Waals surface area contributed by atoms with Gasteiger partial charge in [0.15, 0.2) is 0 Å². The van der Waals surface area contributed by atoms with Crippen molar-refractivity contribution in [2.24, 2.45) is 11.8 Å². The van der Waals surface area contributed by atoms with Crippen LogP contribution in [0.2, 0.25) is 0 Å². The maximum atomic E-state index is 12.4. The fourth-order valence-corrected chi connectivity index (χ4v) is 3.18. The van der Waals surface area contributed by atoms with E-state index < -0.39 is 0 Å². The number of nitrogens with zero attached hydrogens (tertiary/aromatic N) is 1. The topological polar surface area (TPSA) is 20.3 Å². The number of amides is 1. The maximum absolute atomic E-state index is 12.4. The Morgan fingerprint density at radius 3 is 2.75 bits per heavy atom. The molecule has 110 valence electrons. The summed E-state index contributed by atoms with van der Waals surface area (Å²) in [6.07, 6.45) is 5.16. The zero-order valence-electron chi connectivity index (χ0n) is 12.8. The van der Waals surface area contributed by atoms with E-state index in [0.717, 1.165) is 25.4 Å². The molecule has 1 aliphatic heterocycles. The van der Waals surface area contributed by atoms with Crippen molar-refractivity contribution in [1.82, 2.24) is 4.90 Å². The quantitative estimate of drug-likeness (QED) is 0.796. The number of piperidine rings is 1. The summed E-state index contributed by atoms with van der Waals surface area (Å²) in [5.74, 6) is 1.81. The van der Waals surface area contributed by atoms with Gasteiger partial charge in [-0.25, -0.2) is 0 Å². The first-order valence-corrected chi connectivity index (χ1v) is 8.02. The first-order valence-electron chi connectivity index (χ1n) is 8.02. The molecule has 2 heteroatoms.